The smallest absolute Gasteiger partial charge is 0.0940 e. The third-order valence-corrected chi connectivity index (χ3v) is 5.83. The van der Waals surface area contributed by atoms with Crippen LogP contribution in [0, 0.1) is 17.8 Å². The molecule has 112 valence electrons. The minimum absolute atomic E-state index is 0.388. The van der Waals surface area contributed by atoms with Crippen LogP contribution in [0.3, 0.4) is 0 Å². The summed E-state index contributed by atoms with van der Waals surface area (Å²) < 4.78 is 0. The lowest BCUT2D eigenvalue weighted by atomic mass is 9.53. The summed E-state index contributed by atoms with van der Waals surface area (Å²) in [6.07, 6.45) is 8.66. The SMILES string of the molecule is CC(=NCc1ccccc1)NC12CC3CC(CC(C3)C1)C2. The summed E-state index contributed by atoms with van der Waals surface area (Å²) in [4.78, 5) is 4.78. The number of amidine groups is 1. The third-order valence-electron chi connectivity index (χ3n) is 5.83. The average Bonchev–Trinajstić information content (AvgIpc) is 2.44. The van der Waals surface area contributed by atoms with E-state index in [2.05, 4.69) is 42.6 Å². The fourth-order valence-corrected chi connectivity index (χ4v) is 5.48. The first-order valence-corrected chi connectivity index (χ1v) is 8.54. The lowest BCUT2D eigenvalue weighted by molar-refractivity contribution is -0.0101. The van der Waals surface area contributed by atoms with Gasteiger partial charge in [0.15, 0.2) is 0 Å². The van der Waals surface area contributed by atoms with Crippen molar-refractivity contribution in [3.05, 3.63) is 35.9 Å². The quantitative estimate of drug-likeness (QED) is 0.653. The van der Waals surface area contributed by atoms with Crippen molar-refractivity contribution in [3.63, 3.8) is 0 Å². The van der Waals surface area contributed by atoms with Gasteiger partial charge in [0.2, 0.25) is 0 Å². The third kappa shape index (κ3) is 2.73. The molecule has 21 heavy (non-hydrogen) atoms. The van der Waals surface area contributed by atoms with Gasteiger partial charge in [-0.25, -0.2) is 0 Å². The molecule has 1 N–H and O–H groups in total. The van der Waals surface area contributed by atoms with Gasteiger partial charge in [0.05, 0.1) is 12.4 Å². The number of nitrogens with one attached hydrogen (secondary N) is 1. The molecule has 0 radical (unpaired) electrons. The van der Waals surface area contributed by atoms with Gasteiger partial charge in [0.25, 0.3) is 0 Å². The largest absolute Gasteiger partial charge is 0.369 e. The number of hydrogen-bond acceptors (Lipinski definition) is 1. The topological polar surface area (TPSA) is 24.4 Å². The summed E-state index contributed by atoms with van der Waals surface area (Å²) >= 11 is 0. The van der Waals surface area contributed by atoms with Gasteiger partial charge in [-0.05, 0) is 68.8 Å². The zero-order valence-corrected chi connectivity index (χ0v) is 13.0. The van der Waals surface area contributed by atoms with Crippen molar-refractivity contribution in [2.75, 3.05) is 0 Å². The van der Waals surface area contributed by atoms with Gasteiger partial charge in [-0.1, -0.05) is 30.3 Å². The van der Waals surface area contributed by atoms with Crippen LogP contribution in [0.15, 0.2) is 35.3 Å². The minimum Gasteiger partial charge on any atom is -0.369 e. The summed E-state index contributed by atoms with van der Waals surface area (Å²) in [6.45, 7) is 2.95. The van der Waals surface area contributed by atoms with Crippen molar-refractivity contribution in [1.82, 2.24) is 5.32 Å². The van der Waals surface area contributed by atoms with Crippen LogP contribution in [0.4, 0.5) is 0 Å². The summed E-state index contributed by atoms with van der Waals surface area (Å²) in [5.41, 5.74) is 1.68. The van der Waals surface area contributed by atoms with E-state index in [1.807, 2.05) is 0 Å². The first-order chi connectivity index (χ1) is 10.2. The van der Waals surface area contributed by atoms with Gasteiger partial charge in [0, 0.05) is 5.54 Å². The molecule has 1 aromatic rings. The molecule has 1 aromatic carbocycles. The van der Waals surface area contributed by atoms with E-state index in [0.717, 1.165) is 30.1 Å². The van der Waals surface area contributed by atoms with Crippen molar-refractivity contribution in [3.8, 4) is 0 Å². The van der Waals surface area contributed by atoms with E-state index in [4.69, 9.17) is 4.99 Å². The van der Waals surface area contributed by atoms with Crippen LogP contribution in [0.25, 0.3) is 0 Å². The summed E-state index contributed by atoms with van der Waals surface area (Å²) in [7, 11) is 0. The maximum Gasteiger partial charge on any atom is 0.0940 e. The normalized spacial score (nSPS) is 37.8. The lowest BCUT2D eigenvalue weighted by Crippen LogP contribution is -2.59. The Labute approximate surface area is 128 Å². The molecule has 4 bridgehead atoms. The number of rotatable bonds is 3. The fourth-order valence-electron chi connectivity index (χ4n) is 5.48. The molecular weight excluding hydrogens is 256 g/mol. The van der Waals surface area contributed by atoms with Gasteiger partial charge >= 0.3 is 0 Å². The second-order valence-corrected chi connectivity index (χ2v) is 7.71. The highest BCUT2D eigenvalue weighted by atomic mass is 15.1. The highest BCUT2D eigenvalue weighted by molar-refractivity contribution is 5.80. The van der Waals surface area contributed by atoms with Crippen molar-refractivity contribution < 1.29 is 0 Å². The zero-order valence-electron chi connectivity index (χ0n) is 13.0. The fraction of sp³-hybridized carbons (Fsp3) is 0.632. The lowest BCUT2D eigenvalue weighted by Gasteiger charge is -2.57. The van der Waals surface area contributed by atoms with Gasteiger partial charge in [-0.3, -0.25) is 4.99 Å². The predicted octanol–water partition coefficient (Wildman–Crippen LogP) is 4.16. The first kappa shape index (κ1) is 13.4. The van der Waals surface area contributed by atoms with Gasteiger partial charge < -0.3 is 5.32 Å². The van der Waals surface area contributed by atoms with Crippen molar-refractivity contribution in [1.29, 1.82) is 0 Å². The number of hydrogen-bond donors (Lipinski definition) is 1. The Morgan fingerprint density at radius 3 is 2.19 bits per heavy atom. The molecule has 0 spiro atoms. The molecule has 0 amide bonds. The molecule has 0 unspecified atom stereocenters. The van der Waals surface area contributed by atoms with E-state index >= 15 is 0 Å². The molecule has 0 heterocycles. The van der Waals surface area contributed by atoms with Crippen LogP contribution in [0.5, 0.6) is 0 Å². The van der Waals surface area contributed by atoms with Gasteiger partial charge in [0.1, 0.15) is 0 Å². The Morgan fingerprint density at radius 1 is 1.05 bits per heavy atom. The first-order valence-electron chi connectivity index (χ1n) is 8.54. The van der Waals surface area contributed by atoms with Crippen molar-refractivity contribution >= 4 is 5.84 Å². The van der Waals surface area contributed by atoms with E-state index in [9.17, 15) is 0 Å². The Kier molecular flexibility index (Phi) is 3.28. The molecule has 4 fully saturated rings. The van der Waals surface area contributed by atoms with Crippen LogP contribution < -0.4 is 5.32 Å². The molecule has 0 saturated heterocycles. The standard InChI is InChI=1S/C19H26N2/c1-14(20-13-15-5-3-2-4-6-15)21-19-10-16-7-17(11-19)9-18(8-16)12-19/h2-6,16-18H,7-13H2,1H3,(H,20,21). The van der Waals surface area contributed by atoms with Crippen molar-refractivity contribution in [2.45, 2.75) is 57.5 Å². The zero-order chi connectivity index (χ0) is 14.3. The molecule has 2 nitrogen and oxygen atoms in total. The van der Waals surface area contributed by atoms with E-state index in [1.54, 1.807) is 0 Å². The van der Waals surface area contributed by atoms with E-state index in [1.165, 1.54) is 44.1 Å². The van der Waals surface area contributed by atoms with Crippen LogP contribution >= 0.6 is 0 Å². The highest BCUT2D eigenvalue weighted by Crippen LogP contribution is 2.55. The number of nitrogens with zero attached hydrogens (tertiary/aromatic N) is 1. The monoisotopic (exact) mass is 282 g/mol. The second kappa shape index (κ2) is 5.15. The Bertz CT molecular complexity index is 496. The van der Waals surface area contributed by atoms with Gasteiger partial charge in [-0.2, -0.15) is 0 Å². The summed E-state index contributed by atoms with van der Waals surface area (Å²) in [5, 5.41) is 3.84. The van der Waals surface area contributed by atoms with E-state index < -0.39 is 0 Å². The molecule has 4 aliphatic carbocycles. The Hall–Kier alpha value is -1.31. The maximum atomic E-state index is 4.78. The maximum absolute atomic E-state index is 4.78. The highest BCUT2D eigenvalue weighted by Gasteiger charge is 2.50. The van der Waals surface area contributed by atoms with Crippen LogP contribution in [-0.2, 0) is 6.54 Å². The average molecular weight is 282 g/mol. The van der Waals surface area contributed by atoms with Gasteiger partial charge in [-0.15, -0.1) is 0 Å². The molecule has 0 aromatic heterocycles. The summed E-state index contributed by atoms with van der Waals surface area (Å²) in [5.74, 6) is 4.11. The molecule has 0 aliphatic heterocycles. The minimum atomic E-state index is 0.388. The summed E-state index contributed by atoms with van der Waals surface area (Å²) in [6, 6.07) is 10.6. The molecular formula is C19H26N2. The molecule has 2 heteroatoms. The second-order valence-electron chi connectivity index (χ2n) is 7.71. The van der Waals surface area contributed by atoms with Crippen molar-refractivity contribution in [2.24, 2.45) is 22.7 Å². The predicted molar refractivity (Wildman–Crippen MR) is 87.3 cm³/mol. The molecule has 0 atom stereocenters. The van der Waals surface area contributed by atoms with Crippen LogP contribution in [0.2, 0.25) is 0 Å². The molecule has 4 aliphatic rings. The molecule has 5 rings (SSSR count). The Morgan fingerprint density at radius 2 is 1.62 bits per heavy atom. The van der Waals surface area contributed by atoms with E-state index in [0.29, 0.717) is 5.54 Å². The molecule has 4 saturated carbocycles. The van der Waals surface area contributed by atoms with Crippen LogP contribution in [0.1, 0.15) is 51.0 Å². The number of aliphatic imine (C=N–C) groups is 1. The van der Waals surface area contributed by atoms with E-state index in [-0.39, 0.29) is 0 Å². The number of benzene rings is 1. The van der Waals surface area contributed by atoms with Crippen LogP contribution in [-0.4, -0.2) is 11.4 Å². The Balaban J connectivity index is 1.43.